The Morgan fingerprint density at radius 1 is 1.13 bits per heavy atom. The van der Waals surface area contributed by atoms with Crippen LogP contribution in [0.5, 0.6) is 5.75 Å². The third kappa shape index (κ3) is 4.19. The summed E-state index contributed by atoms with van der Waals surface area (Å²) >= 11 is 0. The molecular weight excluding hydrogens is 380 g/mol. The third-order valence-corrected chi connectivity index (χ3v) is 5.25. The van der Waals surface area contributed by atoms with Crippen LogP contribution < -0.4 is 4.74 Å². The first kappa shape index (κ1) is 19.7. The molecule has 1 saturated heterocycles. The van der Waals surface area contributed by atoms with Crippen molar-refractivity contribution in [1.82, 2.24) is 15.0 Å². The van der Waals surface area contributed by atoms with E-state index in [-0.39, 0.29) is 5.91 Å². The fourth-order valence-electron chi connectivity index (χ4n) is 3.57. The van der Waals surface area contributed by atoms with Gasteiger partial charge in [-0.25, -0.2) is 0 Å². The van der Waals surface area contributed by atoms with Crippen molar-refractivity contribution in [3.05, 3.63) is 71.4 Å². The second kappa shape index (κ2) is 8.80. The molecule has 1 aromatic heterocycles. The number of nitriles is 1. The van der Waals surface area contributed by atoms with Crippen molar-refractivity contribution in [2.75, 3.05) is 33.3 Å². The molecule has 0 spiro atoms. The van der Waals surface area contributed by atoms with Gasteiger partial charge in [0.05, 0.1) is 24.3 Å². The lowest BCUT2D eigenvalue weighted by Crippen LogP contribution is -2.48. The highest BCUT2D eigenvalue weighted by Gasteiger charge is 2.25. The van der Waals surface area contributed by atoms with E-state index in [1.54, 1.807) is 18.1 Å². The van der Waals surface area contributed by atoms with Gasteiger partial charge >= 0.3 is 0 Å². The second-order valence-electron chi connectivity index (χ2n) is 7.15. The Hall–Kier alpha value is -3.63. The quantitative estimate of drug-likeness (QED) is 0.652. The highest BCUT2D eigenvalue weighted by Crippen LogP contribution is 2.30. The Bertz CT molecular complexity index is 1060. The number of methoxy groups -OCH3 is 1. The van der Waals surface area contributed by atoms with Gasteiger partial charge in [0.2, 0.25) is 0 Å². The van der Waals surface area contributed by atoms with Gasteiger partial charge < -0.3 is 14.2 Å². The number of nitrogens with zero attached hydrogens (tertiary/aromatic N) is 4. The number of rotatable bonds is 5. The lowest BCUT2D eigenvalue weighted by molar-refractivity contribution is 0.0618. The van der Waals surface area contributed by atoms with Gasteiger partial charge in [0.1, 0.15) is 5.75 Å². The smallest absolute Gasteiger partial charge is 0.276 e. The van der Waals surface area contributed by atoms with Gasteiger partial charge in [0.25, 0.3) is 5.91 Å². The van der Waals surface area contributed by atoms with Crippen LogP contribution in [0.4, 0.5) is 0 Å². The molecular formula is C23H22N4O3. The summed E-state index contributed by atoms with van der Waals surface area (Å²) in [5.41, 5.74) is 2.89. The minimum Gasteiger partial charge on any atom is -0.496 e. The number of carbonyl (C=O) groups excluding carboxylic acids is 1. The number of hydrogen-bond donors (Lipinski definition) is 0. The fraction of sp³-hybridized carbons (Fsp3) is 0.261. The number of aromatic nitrogens is 1. The SMILES string of the molecule is COc1ccccc1-c1cc(C(=O)N2CCN(Cc3ccc(C#N)cc3)CC2)no1. The van der Waals surface area contributed by atoms with Crippen molar-refractivity contribution in [2.24, 2.45) is 0 Å². The molecule has 30 heavy (non-hydrogen) atoms. The van der Waals surface area contributed by atoms with E-state index >= 15 is 0 Å². The number of carbonyl (C=O) groups is 1. The van der Waals surface area contributed by atoms with E-state index in [1.165, 1.54) is 0 Å². The summed E-state index contributed by atoms with van der Waals surface area (Å²) < 4.78 is 10.8. The van der Waals surface area contributed by atoms with E-state index in [4.69, 9.17) is 14.5 Å². The molecule has 2 aromatic carbocycles. The molecule has 3 aromatic rings. The lowest BCUT2D eigenvalue weighted by Gasteiger charge is -2.34. The topological polar surface area (TPSA) is 82.6 Å². The van der Waals surface area contributed by atoms with Crippen molar-refractivity contribution in [3.8, 4) is 23.1 Å². The van der Waals surface area contributed by atoms with Crippen molar-refractivity contribution >= 4 is 5.91 Å². The number of para-hydroxylation sites is 1. The summed E-state index contributed by atoms with van der Waals surface area (Å²) in [6.45, 7) is 3.62. The zero-order valence-electron chi connectivity index (χ0n) is 16.7. The zero-order valence-corrected chi connectivity index (χ0v) is 16.7. The first-order valence-corrected chi connectivity index (χ1v) is 9.78. The lowest BCUT2D eigenvalue weighted by atomic mass is 10.1. The number of piperazine rings is 1. The first-order chi connectivity index (χ1) is 14.7. The van der Waals surface area contributed by atoms with Gasteiger partial charge in [0.15, 0.2) is 11.5 Å². The zero-order chi connectivity index (χ0) is 20.9. The van der Waals surface area contributed by atoms with E-state index in [0.717, 1.165) is 30.8 Å². The van der Waals surface area contributed by atoms with Gasteiger partial charge in [-0.1, -0.05) is 29.4 Å². The largest absolute Gasteiger partial charge is 0.496 e. The molecule has 0 aliphatic carbocycles. The van der Waals surface area contributed by atoms with Gasteiger partial charge in [-0.2, -0.15) is 5.26 Å². The Kier molecular flexibility index (Phi) is 5.77. The Morgan fingerprint density at radius 2 is 1.87 bits per heavy atom. The van der Waals surface area contributed by atoms with E-state index in [2.05, 4.69) is 16.1 Å². The van der Waals surface area contributed by atoms with E-state index < -0.39 is 0 Å². The van der Waals surface area contributed by atoms with Gasteiger partial charge in [-0.15, -0.1) is 0 Å². The maximum absolute atomic E-state index is 12.9. The number of hydrogen-bond acceptors (Lipinski definition) is 6. The maximum Gasteiger partial charge on any atom is 0.276 e. The maximum atomic E-state index is 12.9. The molecule has 0 bridgehead atoms. The molecule has 0 unspecified atom stereocenters. The minimum absolute atomic E-state index is 0.127. The van der Waals surface area contributed by atoms with Crippen LogP contribution in [-0.4, -0.2) is 54.2 Å². The summed E-state index contributed by atoms with van der Waals surface area (Å²) in [6.07, 6.45) is 0. The van der Waals surface area contributed by atoms with Crippen LogP contribution in [0.1, 0.15) is 21.6 Å². The van der Waals surface area contributed by atoms with E-state index in [9.17, 15) is 4.79 Å². The second-order valence-corrected chi connectivity index (χ2v) is 7.15. The van der Waals surface area contributed by atoms with Crippen molar-refractivity contribution in [1.29, 1.82) is 5.26 Å². The van der Waals surface area contributed by atoms with Crippen LogP contribution in [0.15, 0.2) is 59.1 Å². The van der Waals surface area contributed by atoms with Crippen LogP contribution in [0, 0.1) is 11.3 Å². The van der Waals surface area contributed by atoms with E-state index in [1.807, 2.05) is 48.5 Å². The van der Waals surface area contributed by atoms with Gasteiger partial charge in [-0.3, -0.25) is 9.69 Å². The Balaban J connectivity index is 1.36. The van der Waals surface area contributed by atoms with Crippen LogP contribution >= 0.6 is 0 Å². The number of ether oxygens (including phenoxy) is 1. The van der Waals surface area contributed by atoms with Crippen LogP contribution in [0.3, 0.4) is 0 Å². The fourth-order valence-corrected chi connectivity index (χ4v) is 3.57. The predicted octanol–water partition coefficient (Wildman–Crippen LogP) is 3.18. The molecule has 1 aliphatic heterocycles. The Labute approximate surface area is 175 Å². The van der Waals surface area contributed by atoms with Crippen LogP contribution in [0.2, 0.25) is 0 Å². The first-order valence-electron chi connectivity index (χ1n) is 9.78. The summed E-state index contributed by atoms with van der Waals surface area (Å²) in [5, 5.41) is 12.9. The van der Waals surface area contributed by atoms with Gasteiger partial charge in [0, 0.05) is 38.8 Å². The highest BCUT2D eigenvalue weighted by atomic mass is 16.5. The molecule has 1 amide bonds. The molecule has 7 nitrogen and oxygen atoms in total. The summed E-state index contributed by atoms with van der Waals surface area (Å²) in [4.78, 5) is 17.0. The molecule has 0 saturated carbocycles. The average Bonchev–Trinajstić information content (AvgIpc) is 3.30. The van der Waals surface area contributed by atoms with Crippen molar-refractivity contribution in [3.63, 3.8) is 0 Å². The molecule has 1 fully saturated rings. The van der Waals surface area contributed by atoms with E-state index in [0.29, 0.717) is 35.9 Å². The highest BCUT2D eigenvalue weighted by molar-refractivity contribution is 5.93. The molecule has 1 aliphatic rings. The monoisotopic (exact) mass is 402 g/mol. The minimum atomic E-state index is -0.127. The normalized spacial score (nSPS) is 14.3. The molecule has 0 N–H and O–H groups in total. The third-order valence-electron chi connectivity index (χ3n) is 5.25. The summed E-state index contributed by atoms with van der Waals surface area (Å²) in [6, 6.07) is 18.9. The summed E-state index contributed by atoms with van der Waals surface area (Å²) in [5.74, 6) is 1.05. The molecule has 0 radical (unpaired) electrons. The van der Waals surface area contributed by atoms with Crippen molar-refractivity contribution in [2.45, 2.75) is 6.54 Å². The van der Waals surface area contributed by atoms with Crippen molar-refractivity contribution < 1.29 is 14.1 Å². The molecule has 2 heterocycles. The Morgan fingerprint density at radius 3 is 2.57 bits per heavy atom. The molecule has 152 valence electrons. The van der Waals surface area contributed by atoms with Crippen LogP contribution in [0.25, 0.3) is 11.3 Å². The average molecular weight is 402 g/mol. The summed E-state index contributed by atoms with van der Waals surface area (Å²) in [7, 11) is 1.60. The molecule has 0 atom stereocenters. The standard InChI is InChI=1S/C23H22N4O3/c1-29-21-5-3-2-4-19(21)22-14-20(25-30-22)23(28)27-12-10-26(11-13-27)16-18-8-6-17(15-24)7-9-18/h2-9,14H,10-13,16H2,1H3. The van der Waals surface area contributed by atoms with Gasteiger partial charge in [-0.05, 0) is 29.8 Å². The molecule has 4 rings (SSSR count). The predicted molar refractivity (Wildman–Crippen MR) is 111 cm³/mol. The molecule has 7 heteroatoms. The number of benzene rings is 2. The van der Waals surface area contributed by atoms with Crippen LogP contribution in [-0.2, 0) is 6.54 Å². The number of amides is 1.